The van der Waals surface area contributed by atoms with Crippen LogP contribution in [0.4, 0.5) is 0 Å². The molecule has 0 N–H and O–H groups in total. The van der Waals surface area contributed by atoms with Gasteiger partial charge in [0.1, 0.15) is 5.75 Å². The van der Waals surface area contributed by atoms with Crippen molar-refractivity contribution >= 4 is 5.97 Å². The molecule has 0 heterocycles. The maximum Gasteiger partial charge on any atom is 0.314 e. The van der Waals surface area contributed by atoms with E-state index < -0.39 is 0 Å². The van der Waals surface area contributed by atoms with Crippen LogP contribution in [0.5, 0.6) is 5.75 Å². The van der Waals surface area contributed by atoms with Crippen LogP contribution in [0.25, 0.3) is 0 Å². The van der Waals surface area contributed by atoms with Gasteiger partial charge in [0, 0.05) is 11.1 Å². The Balaban J connectivity index is 2.69. The zero-order valence-electron chi connectivity index (χ0n) is 17.0. The topological polar surface area (TPSA) is 26.3 Å². The first-order chi connectivity index (χ1) is 10.7. The van der Waals surface area contributed by atoms with Gasteiger partial charge in [0.2, 0.25) is 0 Å². The Labute approximate surface area is 148 Å². The van der Waals surface area contributed by atoms with Gasteiger partial charge in [0.25, 0.3) is 0 Å². The SMILES string of the molecule is CC(C)(C)c1cc(C(C)(C)C)c(OC(=O)C2CC2)c(C(C)(C)C)c1. The van der Waals surface area contributed by atoms with E-state index >= 15 is 0 Å². The average molecular weight is 331 g/mol. The maximum atomic E-state index is 12.4. The number of esters is 1. The van der Waals surface area contributed by atoms with Gasteiger partial charge in [0.15, 0.2) is 0 Å². The molecule has 1 aliphatic carbocycles. The number of benzene rings is 1. The van der Waals surface area contributed by atoms with Crippen LogP contribution in [0, 0.1) is 5.92 Å². The summed E-state index contributed by atoms with van der Waals surface area (Å²) in [6.45, 7) is 19.8. The lowest BCUT2D eigenvalue weighted by Crippen LogP contribution is -2.24. The van der Waals surface area contributed by atoms with Crippen LogP contribution in [0.2, 0.25) is 0 Å². The maximum absolute atomic E-state index is 12.4. The van der Waals surface area contributed by atoms with Crippen molar-refractivity contribution in [3.63, 3.8) is 0 Å². The predicted octanol–water partition coefficient (Wildman–Crippen LogP) is 5.89. The lowest BCUT2D eigenvalue weighted by atomic mass is 9.74. The Kier molecular flexibility index (Phi) is 4.67. The van der Waals surface area contributed by atoms with Crippen molar-refractivity contribution in [1.82, 2.24) is 0 Å². The van der Waals surface area contributed by atoms with E-state index in [2.05, 4.69) is 74.4 Å². The first-order valence-electron chi connectivity index (χ1n) is 9.12. The minimum Gasteiger partial charge on any atom is -0.426 e. The normalized spacial score (nSPS) is 16.2. The van der Waals surface area contributed by atoms with Gasteiger partial charge in [-0.1, -0.05) is 74.4 Å². The van der Waals surface area contributed by atoms with Crippen LogP contribution in [0.3, 0.4) is 0 Å². The molecule has 1 aromatic carbocycles. The molecule has 0 radical (unpaired) electrons. The summed E-state index contributed by atoms with van der Waals surface area (Å²) >= 11 is 0. The Morgan fingerprint density at radius 1 is 0.833 bits per heavy atom. The second-order valence-corrected chi connectivity index (χ2v) is 10.3. The van der Waals surface area contributed by atoms with Crippen LogP contribution in [0.15, 0.2) is 12.1 Å². The Hall–Kier alpha value is -1.31. The molecule has 0 amide bonds. The van der Waals surface area contributed by atoms with Gasteiger partial charge in [0.05, 0.1) is 5.92 Å². The van der Waals surface area contributed by atoms with Gasteiger partial charge in [-0.05, 0) is 34.7 Å². The molecule has 0 unspecified atom stereocenters. The third kappa shape index (κ3) is 4.20. The molecule has 1 aliphatic rings. The molecule has 0 bridgehead atoms. The fourth-order valence-electron chi connectivity index (χ4n) is 2.79. The van der Waals surface area contributed by atoms with Crippen molar-refractivity contribution in [3.8, 4) is 5.75 Å². The summed E-state index contributed by atoms with van der Waals surface area (Å²) < 4.78 is 5.98. The monoisotopic (exact) mass is 330 g/mol. The molecule has 0 aliphatic heterocycles. The second kappa shape index (κ2) is 5.89. The Morgan fingerprint density at radius 3 is 1.54 bits per heavy atom. The molecule has 1 fully saturated rings. The molecule has 2 nitrogen and oxygen atoms in total. The minimum atomic E-state index is -0.0829. The highest BCUT2D eigenvalue weighted by Crippen LogP contribution is 2.44. The summed E-state index contributed by atoms with van der Waals surface area (Å²) in [5.41, 5.74) is 3.45. The number of ether oxygens (including phenoxy) is 1. The molecular formula is C22H34O2. The van der Waals surface area contributed by atoms with Crippen LogP contribution in [-0.2, 0) is 21.0 Å². The highest BCUT2D eigenvalue weighted by atomic mass is 16.5. The lowest BCUT2D eigenvalue weighted by molar-refractivity contribution is -0.135. The van der Waals surface area contributed by atoms with Crippen molar-refractivity contribution in [3.05, 3.63) is 28.8 Å². The van der Waals surface area contributed by atoms with Crippen molar-refractivity contribution < 1.29 is 9.53 Å². The van der Waals surface area contributed by atoms with E-state index in [0.29, 0.717) is 0 Å². The fraction of sp³-hybridized carbons (Fsp3) is 0.682. The molecular weight excluding hydrogens is 296 g/mol. The first kappa shape index (κ1) is 19.0. The zero-order chi connectivity index (χ0) is 18.5. The van der Waals surface area contributed by atoms with Crippen LogP contribution in [0.1, 0.15) is 91.8 Å². The van der Waals surface area contributed by atoms with Gasteiger partial charge in [-0.25, -0.2) is 0 Å². The van der Waals surface area contributed by atoms with E-state index in [1.165, 1.54) is 5.56 Å². The molecule has 0 spiro atoms. The number of hydrogen-bond donors (Lipinski definition) is 0. The van der Waals surface area contributed by atoms with Crippen molar-refractivity contribution in [2.24, 2.45) is 5.92 Å². The summed E-state index contributed by atoms with van der Waals surface area (Å²) in [6, 6.07) is 4.48. The minimum absolute atomic E-state index is 0.0546. The zero-order valence-corrected chi connectivity index (χ0v) is 17.0. The van der Waals surface area contributed by atoms with E-state index in [9.17, 15) is 4.79 Å². The summed E-state index contributed by atoms with van der Waals surface area (Å²) in [6.07, 6.45) is 1.93. The summed E-state index contributed by atoms with van der Waals surface area (Å²) in [5, 5.41) is 0. The van der Waals surface area contributed by atoms with Gasteiger partial charge < -0.3 is 4.74 Å². The van der Waals surface area contributed by atoms with Gasteiger partial charge >= 0.3 is 5.97 Å². The van der Waals surface area contributed by atoms with Crippen LogP contribution in [-0.4, -0.2) is 5.97 Å². The van der Waals surface area contributed by atoms with Crippen LogP contribution >= 0.6 is 0 Å². The second-order valence-electron chi connectivity index (χ2n) is 10.3. The molecule has 134 valence electrons. The van der Waals surface area contributed by atoms with E-state index in [1.54, 1.807) is 0 Å². The molecule has 2 rings (SSSR count). The number of carbonyl (C=O) groups excluding carboxylic acids is 1. The van der Waals surface area contributed by atoms with E-state index in [4.69, 9.17) is 4.74 Å². The standard InChI is InChI=1S/C22H34O2/c1-20(2,3)15-12-16(21(4,5)6)18(17(13-15)22(7,8)9)24-19(23)14-10-11-14/h12-14H,10-11H2,1-9H3. The van der Waals surface area contributed by atoms with Crippen molar-refractivity contribution in [2.75, 3.05) is 0 Å². The number of hydrogen-bond acceptors (Lipinski definition) is 2. The van der Waals surface area contributed by atoms with Crippen molar-refractivity contribution in [2.45, 2.75) is 91.4 Å². The highest BCUT2D eigenvalue weighted by Gasteiger charge is 2.35. The summed E-state index contributed by atoms with van der Waals surface area (Å²) in [4.78, 5) is 12.4. The molecule has 1 aromatic rings. The third-order valence-electron chi connectivity index (χ3n) is 4.68. The average Bonchev–Trinajstić information content (AvgIpc) is 3.18. The Morgan fingerprint density at radius 2 is 1.25 bits per heavy atom. The largest absolute Gasteiger partial charge is 0.426 e. The first-order valence-corrected chi connectivity index (χ1v) is 9.12. The molecule has 2 heteroatoms. The molecule has 0 saturated heterocycles. The summed E-state index contributed by atoms with van der Waals surface area (Å²) in [7, 11) is 0. The highest BCUT2D eigenvalue weighted by molar-refractivity contribution is 5.78. The number of carbonyl (C=O) groups is 1. The quantitative estimate of drug-likeness (QED) is 0.499. The Bertz CT molecular complexity index is 594. The molecule has 1 saturated carbocycles. The van der Waals surface area contributed by atoms with Gasteiger partial charge in [-0.3, -0.25) is 4.79 Å². The van der Waals surface area contributed by atoms with Crippen molar-refractivity contribution in [1.29, 1.82) is 0 Å². The molecule has 24 heavy (non-hydrogen) atoms. The smallest absolute Gasteiger partial charge is 0.314 e. The van der Waals surface area contributed by atoms with Gasteiger partial charge in [-0.2, -0.15) is 0 Å². The predicted molar refractivity (Wildman–Crippen MR) is 101 cm³/mol. The van der Waals surface area contributed by atoms with E-state index in [1.807, 2.05) is 0 Å². The van der Waals surface area contributed by atoms with E-state index in [0.717, 1.165) is 29.7 Å². The summed E-state index contributed by atoms with van der Waals surface area (Å²) in [5.74, 6) is 0.835. The van der Waals surface area contributed by atoms with E-state index in [-0.39, 0.29) is 28.1 Å². The fourth-order valence-corrected chi connectivity index (χ4v) is 2.79. The molecule has 0 atom stereocenters. The lowest BCUT2D eigenvalue weighted by Gasteiger charge is -2.32. The van der Waals surface area contributed by atoms with Gasteiger partial charge in [-0.15, -0.1) is 0 Å². The molecule has 0 aromatic heterocycles. The third-order valence-corrected chi connectivity index (χ3v) is 4.68. The van der Waals surface area contributed by atoms with Crippen LogP contribution < -0.4 is 4.74 Å². The number of rotatable bonds is 2.